The molecule has 1 aromatic heterocycles. The Hall–Kier alpha value is -3.16. The monoisotopic (exact) mass is 381 g/mol. The van der Waals surface area contributed by atoms with Gasteiger partial charge in [0.15, 0.2) is 0 Å². The van der Waals surface area contributed by atoms with Crippen LogP contribution in [0.2, 0.25) is 0 Å². The first-order valence-electron chi connectivity index (χ1n) is 9.50. The molecule has 0 bridgehead atoms. The molecule has 1 saturated heterocycles. The molecule has 2 aliphatic heterocycles. The average Bonchev–Trinajstić information content (AvgIpc) is 3.32. The fourth-order valence-electron chi connectivity index (χ4n) is 3.89. The number of amides is 3. The third-order valence-electron chi connectivity index (χ3n) is 5.52. The van der Waals surface area contributed by atoms with Gasteiger partial charge in [-0.1, -0.05) is 12.1 Å². The van der Waals surface area contributed by atoms with Crippen molar-refractivity contribution in [1.82, 2.24) is 19.8 Å². The van der Waals surface area contributed by atoms with Crippen molar-refractivity contribution >= 4 is 17.7 Å². The predicted octanol–water partition coefficient (Wildman–Crippen LogP) is 1.07. The van der Waals surface area contributed by atoms with E-state index in [0.717, 1.165) is 23.4 Å². The summed E-state index contributed by atoms with van der Waals surface area (Å²) in [5, 5.41) is 0. The third kappa shape index (κ3) is 3.26. The van der Waals surface area contributed by atoms with Crippen LogP contribution in [0.15, 0.2) is 24.3 Å². The number of aromatic nitrogens is 2. The van der Waals surface area contributed by atoms with Crippen molar-refractivity contribution in [1.29, 1.82) is 0 Å². The molecule has 146 valence electrons. The zero-order chi connectivity index (χ0) is 19.8. The lowest BCUT2D eigenvalue weighted by molar-refractivity contribution is -0.143. The Bertz CT molecular complexity index is 934. The number of primary amides is 1. The lowest BCUT2D eigenvalue weighted by Gasteiger charge is -2.32. The number of benzene rings is 1. The summed E-state index contributed by atoms with van der Waals surface area (Å²) in [7, 11) is 0. The van der Waals surface area contributed by atoms with Gasteiger partial charge in [0.05, 0.1) is 17.9 Å². The molecule has 0 radical (unpaired) electrons. The summed E-state index contributed by atoms with van der Waals surface area (Å²) < 4.78 is 0. The maximum atomic E-state index is 12.9. The average molecular weight is 381 g/mol. The van der Waals surface area contributed by atoms with E-state index in [-0.39, 0.29) is 11.8 Å². The van der Waals surface area contributed by atoms with Crippen LogP contribution in [0.5, 0.6) is 0 Å². The lowest BCUT2D eigenvalue weighted by atomic mass is 10.1. The highest BCUT2D eigenvalue weighted by atomic mass is 16.2. The fourth-order valence-corrected chi connectivity index (χ4v) is 3.89. The molecule has 3 amide bonds. The number of nitrogens with zero attached hydrogens (tertiary/aromatic N) is 3. The van der Waals surface area contributed by atoms with E-state index in [2.05, 4.69) is 9.97 Å². The smallest absolute Gasteiger partial charge is 0.248 e. The molecule has 1 fully saturated rings. The number of aromatic amines is 1. The van der Waals surface area contributed by atoms with Crippen LogP contribution in [-0.2, 0) is 22.6 Å². The third-order valence-corrected chi connectivity index (χ3v) is 5.52. The van der Waals surface area contributed by atoms with E-state index >= 15 is 0 Å². The number of hydrogen-bond acceptors (Lipinski definition) is 4. The van der Waals surface area contributed by atoms with Gasteiger partial charge in [-0.15, -0.1) is 0 Å². The number of hydrogen-bond donors (Lipinski definition) is 2. The molecule has 2 aromatic rings. The van der Waals surface area contributed by atoms with Crippen LogP contribution >= 0.6 is 0 Å². The summed E-state index contributed by atoms with van der Waals surface area (Å²) in [6.45, 7) is 3.50. The molecular weight excluding hydrogens is 358 g/mol. The molecule has 28 heavy (non-hydrogen) atoms. The Morgan fingerprint density at radius 2 is 1.93 bits per heavy atom. The van der Waals surface area contributed by atoms with Crippen molar-refractivity contribution in [2.75, 3.05) is 13.1 Å². The van der Waals surface area contributed by atoms with Gasteiger partial charge in [0, 0.05) is 37.1 Å². The Balaban J connectivity index is 1.49. The number of imidazole rings is 1. The maximum absolute atomic E-state index is 12.9. The topological polar surface area (TPSA) is 112 Å². The van der Waals surface area contributed by atoms with E-state index in [0.29, 0.717) is 43.9 Å². The van der Waals surface area contributed by atoms with Gasteiger partial charge in [0.25, 0.3) is 0 Å². The Morgan fingerprint density at radius 3 is 2.57 bits per heavy atom. The second-order valence-electron chi connectivity index (χ2n) is 7.33. The number of H-pyrrole nitrogens is 1. The number of likely N-dealkylation sites (tertiary alicyclic amines) is 1. The first-order chi connectivity index (χ1) is 13.4. The number of nitrogens with one attached hydrogen (secondary N) is 1. The molecule has 3 N–H and O–H groups in total. The van der Waals surface area contributed by atoms with Crippen molar-refractivity contribution in [3.05, 3.63) is 41.2 Å². The Kier molecular flexibility index (Phi) is 4.62. The first kappa shape index (κ1) is 18.2. The maximum Gasteiger partial charge on any atom is 0.248 e. The zero-order valence-corrected chi connectivity index (χ0v) is 15.8. The van der Waals surface area contributed by atoms with E-state index in [9.17, 15) is 14.4 Å². The Labute approximate surface area is 162 Å². The molecule has 4 rings (SSSR count). The van der Waals surface area contributed by atoms with Crippen LogP contribution in [-0.4, -0.2) is 56.6 Å². The summed E-state index contributed by atoms with van der Waals surface area (Å²) in [4.78, 5) is 47.4. The largest absolute Gasteiger partial charge is 0.366 e. The highest BCUT2D eigenvalue weighted by Gasteiger charge is 2.33. The first-order valence-corrected chi connectivity index (χ1v) is 9.50. The van der Waals surface area contributed by atoms with Crippen molar-refractivity contribution in [3.63, 3.8) is 0 Å². The molecule has 1 atom stereocenters. The molecular formula is C20H23N5O3. The molecule has 3 heterocycles. The van der Waals surface area contributed by atoms with Crippen LogP contribution in [0.1, 0.15) is 41.5 Å². The summed E-state index contributed by atoms with van der Waals surface area (Å²) in [5.74, 6) is 0.271. The standard InChI is InChI=1S/C20H23N5O3/c1-12(25-9-2-3-17(25)26)20(28)24-10-8-15-16(11-24)23-19(22-15)14-6-4-13(5-7-14)18(21)27/h4-7,12H,2-3,8-11H2,1H3,(H2,21,27)(H,22,23). The lowest BCUT2D eigenvalue weighted by Crippen LogP contribution is -2.49. The minimum Gasteiger partial charge on any atom is -0.366 e. The molecule has 1 aromatic carbocycles. The van der Waals surface area contributed by atoms with Crippen molar-refractivity contribution in [3.8, 4) is 11.4 Å². The Morgan fingerprint density at radius 1 is 1.18 bits per heavy atom. The number of nitrogens with two attached hydrogens (primary N) is 1. The summed E-state index contributed by atoms with van der Waals surface area (Å²) in [6.07, 6.45) is 2.01. The van der Waals surface area contributed by atoms with Crippen molar-refractivity contribution in [2.24, 2.45) is 5.73 Å². The van der Waals surface area contributed by atoms with Gasteiger partial charge in [-0.2, -0.15) is 0 Å². The van der Waals surface area contributed by atoms with Gasteiger partial charge in [0.1, 0.15) is 11.9 Å². The molecule has 8 heteroatoms. The predicted molar refractivity (Wildman–Crippen MR) is 102 cm³/mol. The molecule has 0 spiro atoms. The fraction of sp³-hybridized carbons (Fsp3) is 0.400. The minimum atomic E-state index is -0.468. The minimum absolute atomic E-state index is 0.0251. The summed E-state index contributed by atoms with van der Waals surface area (Å²) in [6, 6.07) is 6.51. The molecule has 2 aliphatic rings. The highest BCUT2D eigenvalue weighted by molar-refractivity contribution is 5.93. The second-order valence-corrected chi connectivity index (χ2v) is 7.33. The molecule has 0 saturated carbocycles. The van der Waals surface area contributed by atoms with Crippen LogP contribution in [0.3, 0.4) is 0 Å². The van der Waals surface area contributed by atoms with Gasteiger partial charge < -0.3 is 20.5 Å². The van der Waals surface area contributed by atoms with E-state index in [1.165, 1.54) is 0 Å². The van der Waals surface area contributed by atoms with Crippen LogP contribution in [0.25, 0.3) is 11.4 Å². The van der Waals surface area contributed by atoms with E-state index < -0.39 is 11.9 Å². The number of fused-ring (bicyclic) bond motifs is 1. The van der Waals surface area contributed by atoms with Crippen LogP contribution < -0.4 is 5.73 Å². The van der Waals surface area contributed by atoms with E-state index in [1.807, 2.05) is 0 Å². The number of carbonyl (C=O) groups excluding carboxylic acids is 3. The van der Waals surface area contributed by atoms with Gasteiger partial charge >= 0.3 is 0 Å². The molecule has 1 unspecified atom stereocenters. The SMILES string of the molecule is CC(C(=O)N1CCc2nc(-c3ccc(C(N)=O)cc3)[nH]c2C1)N1CCCC1=O. The second kappa shape index (κ2) is 7.10. The van der Waals surface area contributed by atoms with Gasteiger partial charge in [0.2, 0.25) is 17.7 Å². The highest BCUT2D eigenvalue weighted by Crippen LogP contribution is 2.24. The van der Waals surface area contributed by atoms with Gasteiger partial charge in [-0.3, -0.25) is 14.4 Å². The van der Waals surface area contributed by atoms with Crippen LogP contribution in [0, 0.1) is 0 Å². The van der Waals surface area contributed by atoms with Crippen molar-refractivity contribution < 1.29 is 14.4 Å². The summed E-state index contributed by atoms with van der Waals surface area (Å²) >= 11 is 0. The zero-order valence-electron chi connectivity index (χ0n) is 15.8. The van der Waals surface area contributed by atoms with E-state index in [4.69, 9.17) is 5.73 Å². The van der Waals surface area contributed by atoms with Crippen LogP contribution in [0.4, 0.5) is 0 Å². The molecule has 0 aliphatic carbocycles. The van der Waals surface area contributed by atoms with Gasteiger partial charge in [-0.25, -0.2) is 4.98 Å². The number of rotatable bonds is 4. The van der Waals surface area contributed by atoms with Crippen molar-refractivity contribution in [2.45, 2.75) is 38.8 Å². The van der Waals surface area contributed by atoms with E-state index in [1.54, 1.807) is 41.0 Å². The van der Waals surface area contributed by atoms with Gasteiger partial charge in [-0.05, 0) is 25.5 Å². The summed E-state index contributed by atoms with van der Waals surface area (Å²) in [5.41, 5.74) is 8.44. The number of carbonyl (C=O) groups is 3. The quantitative estimate of drug-likeness (QED) is 0.825. The normalized spacial score (nSPS) is 17.5. The molecule has 8 nitrogen and oxygen atoms in total.